The molecule has 2 aromatic carbocycles. The zero-order valence-corrected chi connectivity index (χ0v) is 22.7. The van der Waals surface area contributed by atoms with Crippen LogP contribution in [-0.4, -0.2) is 57.7 Å². The lowest BCUT2D eigenvalue weighted by molar-refractivity contribution is 0.0990. The van der Waals surface area contributed by atoms with Gasteiger partial charge in [0.05, 0.1) is 5.69 Å². The summed E-state index contributed by atoms with van der Waals surface area (Å²) in [7, 11) is -4.51. The van der Waals surface area contributed by atoms with Crippen molar-refractivity contribution < 1.29 is 17.8 Å². The summed E-state index contributed by atoms with van der Waals surface area (Å²) in [6.45, 7) is 2.93. The number of likely N-dealkylation sites (tertiary alicyclic amines) is 1. The van der Waals surface area contributed by atoms with Crippen molar-refractivity contribution >= 4 is 33.3 Å². The number of amides is 1. The number of rotatable bonds is 9. The minimum Gasteiger partial charge on any atom is -0.324 e. The molecule has 0 spiro atoms. The van der Waals surface area contributed by atoms with Gasteiger partial charge in [-0.1, -0.05) is 24.6 Å². The first-order chi connectivity index (χ1) is 19.3. The topological polar surface area (TPSA) is 129 Å². The van der Waals surface area contributed by atoms with Crippen LogP contribution in [-0.2, 0) is 16.7 Å². The van der Waals surface area contributed by atoms with Gasteiger partial charge in [-0.2, -0.15) is 8.42 Å². The second-order valence-corrected chi connectivity index (χ2v) is 11.1. The van der Waals surface area contributed by atoms with Crippen LogP contribution in [0.4, 0.5) is 17.3 Å². The van der Waals surface area contributed by atoms with E-state index < -0.39 is 21.9 Å². The summed E-state index contributed by atoms with van der Waals surface area (Å²) in [5, 5.41) is 3.10. The number of carbonyl (C=O) groups excluding carboxylic acids is 1. The molecule has 40 heavy (non-hydrogen) atoms. The fraction of sp³-hybridized carbons (Fsp3) is 0.241. The van der Waals surface area contributed by atoms with Gasteiger partial charge in [0.15, 0.2) is 5.88 Å². The number of aromatic nitrogens is 3. The third-order valence-corrected chi connectivity index (χ3v) is 7.20. The van der Waals surface area contributed by atoms with Gasteiger partial charge >= 0.3 is 0 Å². The van der Waals surface area contributed by atoms with Crippen LogP contribution < -0.4 is 10.2 Å². The molecule has 1 aliphatic rings. The molecule has 206 valence electrons. The number of nitrogens with zero attached hydrogens (tertiary/aromatic N) is 5. The highest BCUT2D eigenvalue weighted by molar-refractivity contribution is 7.85. The molecule has 0 radical (unpaired) electrons. The zero-order valence-electron chi connectivity index (χ0n) is 21.8. The van der Waals surface area contributed by atoms with E-state index in [0.29, 0.717) is 22.9 Å². The first kappa shape index (κ1) is 27.4. The lowest BCUT2D eigenvalue weighted by Crippen LogP contribution is -2.35. The number of pyridine rings is 1. The molecule has 0 bridgehead atoms. The van der Waals surface area contributed by atoms with Crippen LogP contribution in [0.3, 0.4) is 0 Å². The normalized spacial score (nSPS) is 14.0. The molecule has 11 heteroatoms. The van der Waals surface area contributed by atoms with Gasteiger partial charge < -0.3 is 5.32 Å². The number of benzene rings is 2. The smallest absolute Gasteiger partial charge is 0.283 e. The molecule has 1 amide bonds. The van der Waals surface area contributed by atoms with Gasteiger partial charge in [-0.25, -0.2) is 9.97 Å². The van der Waals surface area contributed by atoms with Crippen LogP contribution in [0.25, 0.3) is 11.3 Å². The van der Waals surface area contributed by atoms with E-state index in [-0.39, 0.29) is 5.69 Å². The number of anilines is 3. The Kier molecular flexibility index (Phi) is 8.44. The average Bonchev–Trinajstić information content (AvgIpc) is 2.97. The van der Waals surface area contributed by atoms with Crippen LogP contribution in [0.5, 0.6) is 0 Å². The molecule has 0 aliphatic carbocycles. The Morgan fingerprint density at radius 2 is 1.77 bits per heavy atom. The van der Waals surface area contributed by atoms with Crippen LogP contribution in [0, 0.1) is 0 Å². The van der Waals surface area contributed by atoms with E-state index in [1.807, 2.05) is 24.3 Å². The van der Waals surface area contributed by atoms with Gasteiger partial charge in [0, 0.05) is 47.6 Å². The summed E-state index contributed by atoms with van der Waals surface area (Å²) in [6.07, 6.45) is 8.64. The van der Waals surface area contributed by atoms with Gasteiger partial charge in [0.25, 0.3) is 16.0 Å². The molecule has 0 atom stereocenters. The van der Waals surface area contributed by atoms with Crippen molar-refractivity contribution in [2.75, 3.05) is 29.2 Å². The van der Waals surface area contributed by atoms with Crippen molar-refractivity contribution in [2.45, 2.75) is 25.8 Å². The number of nitrogens with one attached hydrogen (secondary N) is 1. The highest BCUT2D eigenvalue weighted by atomic mass is 32.2. The number of piperidine rings is 1. The second kappa shape index (κ2) is 12.3. The molecule has 3 heterocycles. The molecular formula is C29H30N6O4S. The molecule has 10 nitrogen and oxygen atoms in total. The van der Waals surface area contributed by atoms with Crippen LogP contribution >= 0.6 is 0 Å². The Bertz CT molecular complexity index is 1560. The SMILES string of the molecule is O=C(c1ccc(CN2CCCCC2)cc1)N(CS(=O)(=O)O)c1cccc(Nc2nccc(-c3cccnc3)n2)c1. The van der Waals surface area contributed by atoms with E-state index in [1.165, 1.54) is 19.3 Å². The molecule has 0 saturated carbocycles. The standard InChI is InChI=1S/C29H30N6O4S/c36-28(23-11-9-22(10-12-23)20-34-16-2-1-3-17-34)35(21-40(37,38)39)26-8-4-7-25(18-26)32-29-31-15-13-27(33-29)24-6-5-14-30-19-24/h4-15,18-19H,1-3,16-17,20-21H2,(H,31,32,33)(H,37,38,39). The molecule has 2 N–H and O–H groups in total. The first-order valence-corrected chi connectivity index (χ1v) is 14.6. The van der Waals surface area contributed by atoms with Crippen LogP contribution in [0.1, 0.15) is 35.2 Å². The lowest BCUT2D eigenvalue weighted by Gasteiger charge is -2.26. The Hall–Kier alpha value is -4.19. The predicted molar refractivity (Wildman–Crippen MR) is 154 cm³/mol. The quantitative estimate of drug-likeness (QED) is 0.279. The number of hydrogen-bond donors (Lipinski definition) is 2. The second-order valence-electron chi connectivity index (χ2n) is 9.66. The van der Waals surface area contributed by atoms with E-state index >= 15 is 0 Å². The van der Waals surface area contributed by atoms with Crippen molar-refractivity contribution in [3.05, 3.63) is 96.4 Å². The van der Waals surface area contributed by atoms with Gasteiger partial charge in [-0.05, 0) is 80.0 Å². The van der Waals surface area contributed by atoms with Crippen LogP contribution in [0.15, 0.2) is 85.3 Å². The van der Waals surface area contributed by atoms with Crippen LogP contribution in [0.2, 0.25) is 0 Å². The molecule has 5 rings (SSSR count). The molecule has 0 unspecified atom stereocenters. The van der Waals surface area contributed by atoms with Gasteiger partial charge in [-0.3, -0.25) is 24.1 Å². The summed E-state index contributed by atoms with van der Waals surface area (Å²) < 4.78 is 33.4. The third kappa shape index (κ3) is 7.26. The maximum atomic E-state index is 13.5. The highest BCUT2D eigenvalue weighted by Gasteiger charge is 2.23. The Morgan fingerprint density at radius 1 is 0.975 bits per heavy atom. The Labute approximate surface area is 233 Å². The average molecular weight is 559 g/mol. The number of hydrogen-bond acceptors (Lipinski definition) is 8. The largest absolute Gasteiger partial charge is 0.324 e. The maximum Gasteiger partial charge on any atom is 0.283 e. The molecule has 2 aromatic heterocycles. The minimum absolute atomic E-state index is 0.286. The predicted octanol–water partition coefficient (Wildman–Crippen LogP) is 4.76. The fourth-order valence-corrected chi connectivity index (χ4v) is 5.27. The summed E-state index contributed by atoms with van der Waals surface area (Å²) >= 11 is 0. The maximum absolute atomic E-state index is 13.5. The monoisotopic (exact) mass is 558 g/mol. The molecule has 1 saturated heterocycles. The molecule has 1 aliphatic heterocycles. The molecular weight excluding hydrogens is 528 g/mol. The van der Waals surface area contributed by atoms with Crippen molar-refractivity contribution in [3.8, 4) is 11.3 Å². The van der Waals surface area contributed by atoms with Gasteiger partial charge in [0.2, 0.25) is 5.95 Å². The molecule has 1 fully saturated rings. The molecule has 4 aromatic rings. The van der Waals surface area contributed by atoms with E-state index in [2.05, 4.69) is 25.2 Å². The van der Waals surface area contributed by atoms with Crippen molar-refractivity contribution in [3.63, 3.8) is 0 Å². The van der Waals surface area contributed by atoms with E-state index in [4.69, 9.17) is 0 Å². The van der Waals surface area contributed by atoms with Crippen molar-refractivity contribution in [2.24, 2.45) is 0 Å². The third-order valence-electron chi connectivity index (χ3n) is 6.62. The summed E-state index contributed by atoms with van der Waals surface area (Å²) in [6, 6.07) is 19.3. The van der Waals surface area contributed by atoms with E-state index in [0.717, 1.165) is 35.7 Å². The zero-order chi connectivity index (χ0) is 28.0. The summed E-state index contributed by atoms with van der Waals surface area (Å²) in [5.41, 5.74) is 3.72. The Morgan fingerprint density at radius 3 is 2.50 bits per heavy atom. The highest BCUT2D eigenvalue weighted by Crippen LogP contribution is 2.25. The van der Waals surface area contributed by atoms with E-state index in [1.54, 1.807) is 61.1 Å². The lowest BCUT2D eigenvalue weighted by atomic mass is 10.1. The summed E-state index contributed by atoms with van der Waals surface area (Å²) in [4.78, 5) is 29.8. The fourth-order valence-electron chi connectivity index (χ4n) is 4.67. The van der Waals surface area contributed by atoms with Crippen molar-refractivity contribution in [1.29, 1.82) is 0 Å². The summed E-state index contributed by atoms with van der Waals surface area (Å²) in [5.74, 6) is -1.12. The minimum atomic E-state index is -4.51. The Balaban J connectivity index is 1.36. The van der Waals surface area contributed by atoms with E-state index in [9.17, 15) is 17.8 Å². The van der Waals surface area contributed by atoms with Crippen molar-refractivity contribution in [1.82, 2.24) is 19.9 Å². The van der Waals surface area contributed by atoms with Gasteiger partial charge in [-0.15, -0.1) is 0 Å². The van der Waals surface area contributed by atoms with Gasteiger partial charge in [0.1, 0.15) is 0 Å². The number of carbonyl (C=O) groups is 1. The first-order valence-electron chi connectivity index (χ1n) is 13.0.